The normalized spacial score (nSPS) is 13.0. The van der Waals surface area contributed by atoms with Crippen molar-refractivity contribution in [1.29, 1.82) is 0 Å². The first-order valence-corrected chi connectivity index (χ1v) is 4.00. The van der Waals surface area contributed by atoms with Gasteiger partial charge in [0.05, 0.1) is 12.6 Å². The molecule has 0 unspecified atom stereocenters. The Bertz CT molecular complexity index is 242. The lowest BCUT2D eigenvalue weighted by Crippen LogP contribution is -2.14. The second kappa shape index (κ2) is 3.80. The molecule has 0 bridgehead atoms. The van der Waals surface area contributed by atoms with E-state index in [2.05, 4.69) is 20.9 Å². The fraction of sp³-hybridized carbons (Fsp3) is 0.286. The SMILES string of the molecule is N[C@H](CO)c1cncc(Br)c1. The molecule has 0 saturated heterocycles. The first-order chi connectivity index (χ1) is 5.24. The van der Waals surface area contributed by atoms with Gasteiger partial charge in [-0.25, -0.2) is 0 Å². The van der Waals surface area contributed by atoms with E-state index in [1.54, 1.807) is 12.4 Å². The highest BCUT2D eigenvalue weighted by atomic mass is 79.9. The minimum atomic E-state index is -0.333. The molecule has 1 atom stereocenters. The van der Waals surface area contributed by atoms with Crippen molar-refractivity contribution >= 4 is 15.9 Å². The molecule has 3 nitrogen and oxygen atoms in total. The second-order valence-corrected chi connectivity index (χ2v) is 3.14. The first kappa shape index (κ1) is 8.64. The van der Waals surface area contributed by atoms with Crippen LogP contribution in [-0.4, -0.2) is 16.7 Å². The Hall–Kier alpha value is -0.450. The molecule has 1 rings (SSSR count). The summed E-state index contributed by atoms with van der Waals surface area (Å²) in [4.78, 5) is 3.92. The summed E-state index contributed by atoms with van der Waals surface area (Å²) in [6.07, 6.45) is 3.32. The van der Waals surface area contributed by atoms with Crippen LogP contribution in [0.5, 0.6) is 0 Å². The predicted octanol–water partition coefficient (Wildman–Crippen LogP) is 0.836. The molecule has 0 radical (unpaired) electrons. The number of aliphatic hydroxyl groups excluding tert-OH is 1. The van der Waals surface area contributed by atoms with Crippen molar-refractivity contribution in [3.05, 3.63) is 28.5 Å². The molecular weight excluding hydrogens is 208 g/mol. The topological polar surface area (TPSA) is 59.1 Å². The number of rotatable bonds is 2. The highest BCUT2D eigenvalue weighted by Crippen LogP contribution is 2.13. The Morgan fingerprint density at radius 2 is 2.36 bits per heavy atom. The fourth-order valence-electron chi connectivity index (χ4n) is 0.736. The number of nitrogens with zero attached hydrogens (tertiary/aromatic N) is 1. The smallest absolute Gasteiger partial charge is 0.0624 e. The standard InChI is InChI=1S/C7H9BrN2O/c8-6-1-5(2-10-3-6)7(9)4-11/h1-3,7,11H,4,9H2/t7-/m1/s1. The molecule has 11 heavy (non-hydrogen) atoms. The van der Waals surface area contributed by atoms with Crippen molar-refractivity contribution in [2.75, 3.05) is 6.61 Å². The van der Waals surface area contributed by atoms with Gasteiger partial charge in [-0.3, -0.25) is 4.98 Å². The van der Waals surface area contributed by atoms with Gasteiger partial charge in [-0.2, -0.15) is 0 Å². The highest BCUT2D eigenvalue weighted by Gasteiger charge is 2.03. The van der Waals surface area contributed by atoms with Crippen molar-refractivity contribution in [3.8, 4) is 0 Å². The molecule has 0 amide bonds. The van der Waals surface area contributed by atoms with Crippen LogP contribution in [0.25, 0.3) is 0 Å². The summed E-state index contributed by atoms with van der Waals surface area (Å²) in [5.74, 6) is 0. The summed E-state index contributed by atoms with van der Waals surface area (Å²) in [6.45, 7) is -0.0574. The third-order valence-electron chi connectivity index (χ3n) is 1.35. The molecular formula is C7H9BrN2O. The number of hydrogen-bond donors (Lipinski definition) is 2. The average Bonchev–Trinajstić information content (AvgIpc) is 2.03. The number of halogens is 1. The Morgan fingerprint density at radius 3 is 2.91 bits per heavy atom. The van der Waals surface area contributed by atoms with E-state index >= 15 is 0 Å². The number of aliphatic hydroxyl groups is 1. The Kier molecular flexibility index (Phi) is 2.99. The van der Waals surface area contributed by atoms with Crippen LogP contribution in [0.2, 0.25) is 0 Å². The van der Waals surface area contributed by atoms with Crippen LogP contribution in [0.4, 0.5) is 0 Å². The molecule has 0 aliphatic carbocycles. The van der Waals surface area contributed by atoms with Gasteiger partial charge in [0.2, 0.25) is 0 Å². The van der Waals surface area contributed by atoms with Gasteiger partial charge in [0.1, 0.15) is 0 Å². The van der Waals surface area contributed by atoms with Gasteiger partial charge >= 0.3 is 0 Å². The second-order valence-electron chi connectivity index (χ2n) is 2.23. The largest absolute Gasteiger partial charge is 0.394 e. The van der Waals surface area contributed by atoms with Gasteiger partial charge in [0.25, 0.3) is 0 Å². The van der Waals surface area contributed by atoms with E-state index in [0.717, 1.165) is 10.0 Å². The molecule has 1 heterocycles. The molecule has 3 N–H and O–H groups in total. The van der Waals surface area contributed by atoms with Gasteiger partial charge in [-0.05, 0) is 27.6 Å². The zero-order valence-corrected chi connectivity index (χ0v) is 7.45. The third-order valence-corrected chi connectivity index (χ3v) is 1.78. The van der Waals surface area contributed by atoms with Gasteiger partial charge in [0.15, 0.2) is 0 Å². The molecule has 0 aliphatic rings. The van der Waals surface area contributed by atoms with Gasteiger partial charge in [-0.1, -0.05) is 0 Å². The van der Waals surface area contributed by atoms with E-state index in [9.17, 15) is 0 Å². The fourth-order valence-corrected chi connectivity index (χ4v) is 1.12. The van der Waals surface area contributed by atoms with E-state index in [1.807, 2.05) is 6.07 Å². The van der Waals surface area contributed by atoms with E-state index in [0.29, 0.717) is 0 Å². The Morgan fingerprint density at radius 1 is 1.64 bits per heavy atom. The number of nitrogens with two attached hydrogens (primary N) is 1. The Labute approximate surface area is 73.4 Å². The maximum absolute atomic E-state index is 8.71. The van der Waals surface area contributed by atoms with Crippen molar-refractivity contribution in [1.82, 2.24) is 4.98 Å². The maximum atomic E-state index is 8.71. The molecule has 0 fully saturated rings. The van der Waals surface area contributed by atoms with Crippen molar-refractivity contribution < 1.29 is 5.11 Å². The minimum Gasteiger partial charge on any atom is -0.394 e. The summed E-state index contributed by atoms with van der Waals surface area (Å²) < 4.78 is 0.874. The lowest BCUT2D eigenvalue weighted by Gasteiger charge is -2.06. The monoisotopic (exact) mass is 216 g/mol. The first-order valence-electron chi connectivity index (χ1n) is 3.21. The molecule has 4 heteroatoms. The summed E-state index contributed by atoms with van der Waals surface area (Å²) in [5.41, 5.74) is 6.39. The summed E-state index contributed by atoms with van der Waals surface area (Å²) in [5, 5.41) is 8.71. The number of pyridine rings is 1. The van der Waals surface area contributed by atoms with Crippen LogP contribution >= 0.6 is 15.9 Å². The summed E-state index contributed by atoms with van der Waals surface area (Å²) in [7, 11) is 0. The van der Waals surface area contributed by atoms with Crippen LogP contribution in [0, 0.1) is 0 Å². The minimum absolute atomic E-state index is 0.0574. The van der Waals surface area contributed by atoms with Crippen LogP contribution in [-0.2, 0) is 0 Å². The summed E-state index contributed by atoms with van der Waals surface area (Å²) in [6, 6.07) is 1.51. The third kappa shape index (κ3) is 2.25. The van der Waals surface area contributed by atoms with E-state index in [-0.39, 0.29) is 12.6 Å². The predicted molar refractivity (Wildman–Crippen MR) is 46.0 cm³/mol. The number of hydrogen-bond acceptors (Lipinski definition) is 3. The van der Waals surface area contributed by atoms with Gasteiger partial charge < -0.3 is 10.8 Å². The quantitative estimate of drug-likeness (QED) is 0.771. The van der Waals surface area contributed by atoms with E-state index < -0.39 is 0 Å². The molecule has 0 spiro atoms. The van der Waals surface area contributed by atoms with Crippen LogP contribution in [0.3, 0.4) is 0 Å². The van der Waals surface area contributed by atoms with Crippen molar-refractivity contribution in [2.45, 2.75) is 6.04 Å². The van der Waals surface area contributed by atoms with Gasteiger partial charge in [0, 0.05) is 16.9 Å². The zero-order chi connectivity index (χ0) is 8.27. The van der Waals surface area contributed by atoms with Crippen molar-refractivity contribution in [3.63, 3.8) is 0 Å². The molecule has 0 aromatic carbocycles. The van der Waals surface area contributed by atoms with Crippen LogP contribution in [0.15, 0.2) is 22.9 Å². The molecule has 1 aromatic rings. The van der Waals surface area contributed by atoms with Crippen LogP contribution in [0.1, 0.15) is 11.6 Å². The van der Waals surface area contributed by atoms with E-state index in [1.165, 1.54) is 0 Å². The maximum Gasteiger partial charge on any atom is 0.0624 e. The van der Waals surface area contributed by atoms with Gasteiger partial charge in [-0.15, -0.1) is 0 Å². The summed E-state index contributed by atoms with van der Waals surface area (Å²) >= 11 is 3.26. The Balaban J connectivity index is 2.86. The average molecular weight is 217 g/mol. The highest BCUT2D eigenvalue weighted by molar-refractivity contribution is 9.10. The lowest BCUT2D eigenvalue weighted by molar-refractivity contribution is 0.268. The molecule has 1 aromatic heterocycles. The zero-order valence-electron chi connectivity index (χ0n) is 5.87. The van der Waals surface area contributed by atoms with Crippen molar-refractivity contribution in [2.24, 2.45) is 5.73 Å². The lowest BCUT2D eigenvalue weighted by atomic mass is 10.1. The molecule has 0 saturated carbocycles. The van der Waals surface area contributed by atoms with E-state index in [4.69, 9.17) is 10.8 Å². The number of aromatic nitrogens is 1. The van der Waals surface area contributed by atoms with Crippen LogP contribution < -0.4 is 5.73 Å². The molecule has 0 aliphatic heterocycles. The molecule has 60 valence electrons.